The van der Waals surface area contributed by atoms with Crippen LogP contribution in [0, 0.1) is 0 Å². The van der Waals surface area contributed by atoms with E-state index in [-0.39, 0.29) is 0 Å². The Labute approximate surface area is 98.9 Å². The molecule has 0 unspecified atom stereocenters. The predicted molar refractivity (Wildman–Crippen MR) is 64.7 cm³/mol. The Morgan fingerprint density at radius 1 is 1.29 bits per heavy atom. The van der Waals surface area contributed by atoms with Crippen molar-refractivity contribution in [2.75, 3.05) is 6.54 Å². The van der Waals surface area contributed by atoms with Gasteiger partial charge in [-0.1, -0.05) is 18.2 Å². The zero-order valence-electron chi connectivity index (χ0n) is 8.97. The number of para-hydroxylation sites is 1. The summed E-state index contributed by atoms with van der Waals surface area (Å²) in [7, 11) is -4.18. The molecule has 0 aliphatic heterocycles. The maximum atomic E-state index is 10.4. The molecule has 2 rings (SSSR count). The summed E-state index contributed by atoms with van der Waals surface area (Å²) in [5.41, 5.74) is 4.56. The first kappa shape index (κ1) is 12.1. The van der Waals surface area contributed by atoms with Crippen molar-refractivity contribution in [1.29, 1.82) is 0 Å². The fourth-order valence-corrected chi connectivity index (χ4v) is 1.96. The molecule has 0 aliphatic carbocycles. The van der Waals surface area contributed by atoms with Gasteiger partial charge in [0.25, 0.3) is 0 Å². The zero-order valence-corrected chi connectivity index (χ0v) is 9.79. The van der Waals surface area contributed by atoms with E-state index >= 15 is 0 Å². The normalized spacial score (nSPS) is 12.1. The molecule has 1 aromatic heterocycles. The number of hydrazine groups is 1. The van der Waals surface area contributed by atoms with Crippen molar-refractivity contribution in [3.8, 4) is 0 Å². The second kappa shape index (κ2) is 4.84. The second-order valence-corrected chi connectivity index (χ2v) is 4.77. The summed E-state index contributed by atoms with van der Waals surface area (Å²) in [5, 5.41) is 1.11. The SMILES string of the molecule is O=S(=O)(O)NNCCc1c[nH]c2ccccc12. The van der Waals surface area contributed by atoms with E-state index in [1.807, 2.05) is 30.5 Å². The van der Waals surface area contributed by atoms with Crippen LogP contribution < -0.4 is 10.3 Å². The maximum Gasteiger partial charge on any atom is 0.346 e. The van der Waals surface area contributed by atoms with Crippen LogP contribution in [-0.2, 0) is 16.7 Å². The van der Waals surface area contributed by atoms with Crippen LogP contribution in [0.1, 0.15) is 5.56 Å². The first-order valence-electron chi connectivity index (χ1n) is 5.08. The number of hydrogen-bond donors (Lipinski definition) is 4. The van der Waals surface area contributed by atoms with Crippen LogP contribution in [0.25, 0.3) is 10.9 Å². The quantitative estimate of drug-likeness (QED) is 0.357. The number of aromatic nitrogens is 1. The molecule has 17 heavy (non-hydrogen) atoms. The largest absolute Gasteiger partial charge is 0.361 e. The van der Waals surface area contributed by atoms with Gasteiger partial charge in [-0.05, 0) is 18.1 Å². The van der Waals surface area contributed by atoms with Crippen LogP contribution in [0.4, 0.5) is 0 Å². The molecule has 0 radical (unpaired) electrons. The van der Waals surface area contributed by atoms with Gasteiger partial charge in [0.15, 0.2) is 0 Å². The summed E-state index contributed by atoms with van der Waals surface area (Å²) < 4.78 is 29.2. The fraction of sp³-hybridized carbons (Fsp3) is 0.200. The lowest BCUT2D eigenvalue weighted by molar-refractivity contribution is 0.452. The number of fused-ring (bicyclic) bond motifs is 1. The highest BCUT2D eigenvalue weighted by Gasteiger charge is 2.04. The van der Waals surface area contributed by atoms with Crippen molar-refractivity contribution in [1.82, 2.24) is 15.2 Å². The third-order valence-electron chi connectivity index (χ3n) is 2.40. The molecule has 0 bridgehead atoms. The Kier molecular flexibility index (Phi) is 3.43. The third kappa shape index (κ3) is 3.27. The summed E-state index contributed by atoms with van der Waals surface area (Å²) in [6.45, 7) is 0.391. The van der Waals surface area contributed by atoms with Gasteiger partial charge in [-0.15, -0.1) is 4.83 Å². The molecule has 0 amide bonds. The number of H-pyrrole nitrogens is 1. The number of nitrogens with one attached hydrogen (secondary N) is 3. The van der Waals surface area contributed by atoms with Gasteiger partial charge >= 0.3 is 10.3 Å². The summed E-state index contributed by atoms with van der Waals surface area (Å²) in [6.07, 6.45) is 2.53. The fourth-order valence-electron chi connectivity index (χ4n) is 1.68. The summed E-state index contributed by atoms with van der Waals surface area (Å²) in [5.74, 6) is 0. The lowest BCUT2D eigenvalue weighted by Crippen LogP contribution is -2.37. The molecule has 0 fully saturated rings. The highest BCUT2D eigenvalue weighted by atomic mass is 32.2. The van der Waals surface area contributed by atoms with Crippen LogP contribution >= 0.6 is 0 Å². The van der Waals surface area contributed by atoms with E-state index in [1.165, 1.54) is 0 Å². The highest BCUT2D eigenvalue weighted by Crippen LogP contribution is 2.17. The molecule has 92 valence electrons. The smallest absolute Gasteiger partial charge is 0.346 e. The molecule has 1 heterocycles. The van der Waals surface area contributed by atoms with E-state index in [1.54, 1.807) is 4.83 Å². The van der Waals surface area contributed by atoms with E-state index in [4.69, 9.17) is 4.55 Å². The lowest BCUT2D eigenvalue weighted by Gasteiger charge is -2.03. The molecule has 4 N–H and O–H groups in total. The summed E-state index contributed by atoms with van der Waals surface area (Å²) in [4.78, 5) is 4.93. The molecule has 0 saturated carbocycles. The Morgan fingerprint density at radius 2 is 2.06 bits per heavy atom. The minimum absolute atomic E-state index is 0.391. The van der Waals surface area contributed by atoms with Crippen molar-refractivity contribution in [2.45, 2.75) is 6.42 Å². The van der Waals surface area contributed by atoms with Crippen molar-refractivity contribution in [2.24, 2.45) is 0 Å². The third-order valence-corrected chi connectivity index (χ3v) is 2.80. The van der Waals surface area contributed by atoms with Crippen LogP contribution in [0.2, 0.25) is 0 Å². The van der Waals surface area contributed by atoms with Crippen molar-refractivity contribution in [3.63, 3.8) is 0 Å². The molecule has 0 aliphatic rings. The van der Waals surface area contributed by atoms with Crippen molar-refractivity contribution >= 4 is 21.2 Å². The summed E-state index contributed by atoms with van der Waals surface area (Å²) in [6, 6.07) is 7.87. The Bertz CT molecular complexity index is 606. The number of aromatic amines is 1. The van der Waals surface area contributed by atoms with Crippen LogP contribution in [0.5, 0.6) is 0 Å². The average molecular weight is 255 g/mol. The predicted octanol–water partition coefficient (Wildman–Crippen LogP) is 0.607. The maximum absolute atomic E-state index is 10.4. The van der Waals surface area contributed by atoms with E-state index in [2.05, 4.69) is 10.4 Å². The first-order valence-corrected chi connectivity index (χ1v) is 6.52. The van der Waals surface area contributed by atoms with Gasteiger partial charge in [-0.2, -0.15) is 8.42 Å². The van der Waals surface area contributed by atoms with Crippen LogP contribution in [0.15, 0.2) is 30.5 Å². The monoisotopic (exact) mass is 255 g/mol. The zero-order chi connectivity index (χ0) is 12.3. The molecular formula is C10H13N3O3S. The van der Waals surface area contributed by atoms with E-state index in [9.17, 15) is 8.42 Å². The molecule has 6 nitrogen and oxygen atoms in total. The topological polar surface area (TPSA) is 94.2 Å². The molecule has 7 heteroatoms. The Hall–Kier alpha value is -1.41. The molecule has 0 spiro atoms. The van der Waals surface area contributed by atoms with Crippen molar-refractivity contribution in [3.05, 3.63) is 36.0 Å². The van der Waals surface area contributed by atoms with Gasteiger partial charge in [-0.25, -0.2) is 5.43 Å². The number of hydrogen-bond acceptors (Lipinski definition) is 3. The average Bonchev–Trinajstić information content (AvgIpc) is 2.67. The standard InChI is InChI=1S/C10H13N3O3S/c14-17(15,16)13-12-6-5-8-7-11-10-4-2-1-3-9(8)10/h1-4,7,11-13H,5-6H2,(H,14,15,16). The first-order chi connectivity index (χ1) is 8.06. The van der Waals surface area contributed by atoms with Gasteiger partial charge in [-0.3, -0.25) is 4.55 Å². The number of rotatable bonds is 5. The minimum Gasteiger partial charge on any atom is -0.361 e. The number of benzene rings is 1. The second-order valence-electron chi connectivity index (χ2n) is 3.61. The van der Waals surface area contributed by atoms with E-state index in [0.717, 1.165) is 16.5 Å². The molecule has 2 aromatic rings. The molecule has 1 aromatic carbocycles. The minimum atomic E-state index is -4.18. The summed E-state index contributed by atoms with van der Waals surface area (Å²) >= 11 is 0. The van der Waals surface area contributed by atoms with Gasteiger partial charge in [0.05, 0.1) is 0 Å². The van der Waals surface area contributed by atoms with Crippen molar-refractivity contribution < 1.29 is 13.0 Å². The molecular weight excluding hydrogens is 242 g/mol. The van der Waals surface area contributed by atoms with E-state index < -0.39 is 10.3 Å². The van der Waals surface area contributed by atoms with Gasteiger partial charge in [0.1, 0.15) is 0 Å². The molecule has 0 saturated heterocycles. The molecule has 0 atom stereocenters. The van der Waals surface area contributed by atoms with E-state index in [0.29, 0.717) is 13.0 Å². The van der Waals surface area contributed by atoms with Gasteiger partial charge in [0, 0.05) is 23.6 Å². The lowest BCUT2D eigenvalue weighted by atomic mass is 10.1. The highest BCUT2D eigenvalue weighted by molar-refractivity contribution is 7.83. The Morgan fingerprint density at radius 3 is 2.82 bits per heavy atom. The van der Waals surface area contributed by atoms with Crippen LogP contribution in [-0.4, -0.2) is 24.5 Å². The van der Waals surface area contributed by atoms with Gasteiger partial charge < -0.3 is 4.98 Å². The van der Waals surface area contributed by atoms with Crippen LogP contribution in [0.3, 0.4) is 0 Å². The Balaban J connectivity index is 1.96. The van der Waals surface area contributed by atoms with Gasteiger partial charge in [0.2, 0.25) is 0 Å².